The molecule has 2 aromatic rings. The van der Waals surface area contributed by atoms with E-state index in [0.717, 1.165) is 12.3 Å². The van der Waals surface area contributed by atoms with Gasteiger partial charge in [0, 0.05) is 23.8 Å². The van der Waals surface area contributed by atoms with Gasteiger partial charge in [-0.15, -0.1) is 0 Å². The highest BCUT2D eigenvalue weighted by Gasteiger charge is 2.18. The zero-order valence-corrected chi connectivity index (χ0v) is 11.9. The fraction of sp³-hybridized carbons (Fsp3) is 0.471. The molecule has 3 rings (SSSR count). The van der Waals surface area contributed by atoms with Crippen LogP contribution in [0.3, 0.4) is 0 Å². The number of nitrogens with zero attached hydrogens (tertiary/aromatic N) is 1. The van der Waals surface area contributed by atoms with Crippen molar-refractivity contribution in [3.05, 3.63) is 42.2 Å². The Morgan fingerprint density at radius 2 is 2.10 bits per heavy atom. The zero-order valence-electron chi connectivity index (χ0n) is 11.9. The molecule has 1 aliphatic carbocycles. The number of pyridine rings is 1. The van der Waals surface area contributed by atoms with Gasteiger partial charge in [0.2, 0.25) is 0 Å². The second-order valence-corrected chi connectivity index (χ2v) is 5.89. The minimum absolute atomic E-state index is 0.238. The number of hydrogen-bond acceptors (Lipinski definition) is 3. The Balaban J connectivity index is 1.79. The minimum atomic E-state index is 0.238. The van der Waals surface area contributed by atoms with E-state index in [-0.39, 0.29) is 6.04 Å². The first-order valence-electron chi connectivity index (χ1n) is 7.67. The summed E-state index contributed by atoms with van der Waals surface area (Å²) in [5.41, 5.74) is 4.31. The lowest BCUT2D eigenvalue weighted by Gasteiger charge is -2.20. The molecule has 1 saturated carbocycles. The predicted octanol–water partition coefficient (Wildman–Crippen LogP) is 3.71. The molecule has 1 aliphatic rings. The van der Waals surface area contributed by atoms with E-state index < -0.39 is 0 Å². The van der Waals surface area contributed by atoms with Crippen LogP contribution in [0.5, 0.6) is 0 Å². The topological polar surface area (TPSA) is 50.9 Å². The molecule has 1 aromatic heterocycles. The van der Waals surface area contributed by atoms with Crippen LogP contribution in [0.1, 0.15) is 50.1 Å². The van der Waals surface area contributed by atoms with Crippen molar-refractivity contribution in [3.8, 4) is 0 Å². The molecule has 1 fully saturated rings. The maximum atomic E-state index is 5.81. The van der Waals surface area contributed by atoms with Gasteiger partial charge in [-0.1, -0.05) is 43.9 Å². The smallest absolute Gasteiger partial charge is 0.0466 e. The van der Waals surface area contributed by atoms with Gasteiger partial charge in [0.15, 0.2) is 0 Å². The van der Waals surface area contributed by atoms with Gasteiger partial charge in [-0.05, 0) is 35.8 Å². The zero-order chi connectivity index (χ0) is 13.8. The Labute approximate surface area is 120 Å². The lowest BCUT2D eigenvalue weighted by Crippen LogP contribution is -2.28. The van der Waals surface area contributed by atoms with Crippen molar-refractivity contribution >= 4 is 10.8 Å². The summed E-state index contributed by atoms with van der Waals surface area (Å²) < 4.78 is 0. The van der Waals surface area contributed by atoms with E-state index in [1.165, 1.54) is 48.4 Å². The molecule has 1 aromatic carbocycles. The second kappa shape index (κ2) is 6.33. The maximum Gasteiger partial charge on any atom is 0.0466 e. The van der Waals surface area contributed by atoms with Gasteiger partial charge in [0.1, 0.15) is 0 Å². The molecule has 0 saturated heterocycles. The van der Waals surface area contributed by atoms with E-state index in [9.17, 15) is 0 Å². The summed E-state index contributed by atoms with van der Waals surface area (Å²) in [6.45, 7) is 0. The van der Waals surface area contributed by atoms with Gasteiger partial charge in [-0.2, -0.15) is 0 Å². The molecular formula is C17H23N3. The molecule has 20 heavy (non-hydrogen) atoms. The second-order valence-electron chi connectivity index (χ2n) is 5.89. The number of nitrogens with two attached hydrogens (primary N) is 1. The van der Waals surface area contributed by atoms with Crippen molar-refractivity contribution < 1.29 is 0 Å². The van der Waals surface area contributed by atoms with Crippen LogP contribution in [0.4, 0.5) is 0 Å². The van der Waals surface area contributed by atoms with Crippen LogP contribution < -0.4 is 11.3 Å². The van der Waals surface area contributed by atoms with Gasteiger partial charge < -0.3 is 0 Å². The Morgan fingerprint density at radius 3 is 2.90 bits per heavy atom. The number of hydrogen-bond donors (Lipinski definition) is 2. The monoisotopic (exact) mass is 269 g/mol. The van der Waals surface area contributed by atoms with Crippen LogP contribution in [-0.4, -0.2) is 4.98 Å². The normalized spacial score (nSPS) is 17.6. The Hall–Kier alpha value is -1.45. The Kier molecular flexibility index (Phi) is 4.28. The standard InChI is InChI=1S/C17H23N3/c18-20-17(9-8-13-4-1-2-5-13)16-7-3-6-14-12-19-11-10-15(14)16/h3,6-7,10-13,17,20H,1-2,4-5,8-9,18H2. The molecule has 0 amide bonds. The van der Waals surface area contributed by atoms with Crippen molar-refractivity contribution in [1.29, 1.82) is 0 Å². The van der Waals surface area contributed by atoms with Gasteiger partial charge in [0.25, 0.3) is 0 Å². The van der Waals surface area contributed by atoms with Gasteiger partial charge >= 0.3 is 0 Å². The van der Waals surface area contributed by atoms with Crippen LogP contribution in [-0.2, 0) is 0 Å². The van der Waals surface area contributed by atoms with Crippen molar-refractivity contribution in [3.63, 3.8) is 0 Å². The number of nitrogens with one attached hydrogen (secondary N) is 1. The summed E-state index contributed by atoms with van der Waals surface area (Å²) in [5, 5.41) is 2.45. The van der Waals surface area contributed by atoms with E-state index in [1.807, 2.05) is 12.4 Å². The van der Waals surface area contributed by atoms with Crippen LogP contribution in [0.2, 0.25) is 0 Å². The third-order valence-corrected chi connectivity index (χ3v) is 4.63. The highest BCUT2D eigenvalue weighted by atomic mass is 15.2. The van der Waals surface area contributed by atoms with Crippen molar-refractivity contribution in [2.75, 3.05) is 0 Å². The first-order valence-corrected chi connectivity index (χ1v) is 7.67. The predicted molar refractivity (Wildman–Crippen MR) is 83.0 cm³/mol. The van der Waals surface area contributed by atoms with E-state index in [1.54, 1.807) is 0 Å². The van der Waals surface area contributed by atoms with Crippen molar-refractivity contribution in [2.24, 2.45) is 11.8 Å². The third-order valence-electron chi connectivity index (χ3n) is 4.63. The molecule has 0 bridgehead atoms. The summed E-state index contributed by atoms with van der Waals surface area (Å²) in [5.74, 6) is 6.72. The number of benzene rings is 1. The molecule has 1 unspecified atom stereocenters. The highest BCUT2D eigenvalue weighted by molar-refractivity contribution is 5.85. The van der Waals surface area contributed by atoms with Crippen LogP contribution in [0, 0.1) is 5.92 Å². The summed E-state index contributed by atoms with van der Waals surface area (Å²) in [6, 6.07) is 8.71. The van der Waals surface area contributed by atoms with Gasteiger partial charge in [0.05, 0.1) is 0 Å². The largest absolute Gasteiger partial charge is 0.271 e. The fourth-order valence-corrected chi connectivity index (χ4v) is 3.48. The molecule has 3 heteroatoms. The lowest BCUT2D eigenvalue weighted by atomic mass is 9.93. The van der Waals surface area contributed by atoms with Crippen molar-refractivity contribution in [2.45, 2.75) is 44.6 Å². The lowest BCUT2D eigenvalue weighted by molar-refractivity contribution is 0.418. The molecule has 1 heterocycles. The minimum Gasteiger partial charge on any atom is -0.271 e. The van der Waals surface area contributed by atoms with Gasteiger partial charge in [-0.3, -0.25) is 16.3 Å². The summed E-state index contributed by atoms with van der Waals surface area (Å²) in [4.78, 5) is 4.20. The van der Waals surface area contributed by atoms with Crippen LogP contribution in [0.15, 0.2) is 36.7 Å². The average Bonchev–Trinajstić information content (AvgIpc) is 3.01. The molecule has 0 aliphatic heterocycles. The van der Waals surface area contributed by atoms with Crippen LogP contribution >= 0.6 is 0 Å². The molecule has 1 atom stereocenters. The average molecular weight is 269 g/mol. The molecular weight excluding hydrogens is 246 g/mol. The maximum absolute atomic E-state index is 5.81. The molecule has 3 N–H and O–H groups in total. The SMILES string of the molecule is NNC(CCC1CCCC1)c1cccc2cnccc12. The molecule has 0 spiro atoms. The highest BCUT2D eigenvalue weighted by Crippen LogP contribution is 2.32. The Bertz CT molecular complexity index is 556. The van der Waals surface area contributed by atoms with E-state index in [0.29, 0.717) is 0 Å². The summed E-state index contributed by atoms with van der Waals surface area (Å²) >= 11 is 0. The number of rotatable bonds is 5. The van der Waals surface area contributed by atoms with Crippen LogP contribution in [0.25, 0.3) is 10.8 Å². The third kappa shape index (κ3) is 2.84. The molecule has 106 valence electrons. The van der Waals surface area contributed by atoms with Crippen molar-refractivity contribution in [1.82, 2.24) is 10.4 Å². The number of aromatic nitrogens is 1. The Morgan fingerprint density at radius 1 is 1.25 bits per heavy atom. The number of fused-ring (bicyclic) bond motifs is 1. The molecule has 0 radical (unpaired) electrons. The summed E-state index contributed by atoms with van der Waals surface area (Å²) in [7, 11) is 0. The van der Waals surface area contributed by atoms with E-state index >= 15 is 0 Å². The summed E-state index contributed by atoms with van der Waals surface area (Å²) in [6.07, 6.45) is 11.8. The van der Waals surface area contributed by atoms with E-state index in [4.69, 9.17) is 5.84 Å². The van der Waals surface area contributed by atoms with Gasteiger partial charge in [-0.25, -0.2) is 0 Å². The fourth-order valence-electron chi connectivity index (χ4n) is 3.48. The quantitative estimate of drug-likeness (QED) is 0.642. The van der Waals surface area contributed by atoms with E-state index in [2.05, 4.69) is 34.7 Å². The first kappa shape index (κ1) is 13.5. The first-order chi connectivity index (χ1) is 9.88. The molecule has 3 nitrogen and oxygen atoms in total. The number of hydrazine groups is 1.